The van der Waals surface area contributed by atoms with E-state index in [9.17, 15) is 0 Å². The quantitative estimate of drug-likeness (QED) is 0.451. The molecule has 2 nitrogen and oxygen atoms in total. The SMILES string of the molecule is CCN=C(SC)N(C)CC. The van der Waals surface area contributed by atoms with Gasteiger partial charge in [-0.05, 0) is 20.1 Å². The van der Waals surface area contributed by atoms with Crippen molar-refractivity contribution >= 4 is 16.9 Å². The number of hydrogen-bond acceptors (Lipinski definition) is 2. The van der Waals surface area contributed by atoms with Gasteiger partial charge in [-0.2, -0.15) is 0 Å². The monoisotopic (exact) mass is 160 g/mol. The van der Waals surface area contributed by atoms with E-state index >= 15 is 0 Å². The van der Waals surface area contributed by atoms with Crippen molar-refractivity contribution in [3.63, 3.8) is 0 Å². The molecule has 60 valence electrons. The van der Waals surface area contributed by atoms with E-state index in [0.29, 0.717) is 0 Å². The minimum atomic E-state index is 0.876. The van der Waals surface area contributed by atoms with Crippen LogP contribution in [0.1, 0.15) is 13.8 Å². The molecular weight excluding hydrogens is 144 g/mol. The van der Waals surface area contributed by atoms with Crippen LogP contribution in [-0.4, -0.2) is 36.5 Å². The maximum atomic E-state index is 4.32. The van der Waals surface area contributed by atoms with Gasteiger partial charge in [-0.25, -0.2) is 0 Å². The van der Waals surface area contributed by atoms with E-state index in [1.165, 1.54) is 0 Å². The van der Waals surface area contributed by atoms with Gasteiger partial charge in [0.05, 0.1) is 0 Å². The topological polar surface area (TPSA) is 15.6 Å². The number of hydrogen-bond donors (Lipinski definition) is 0. The van der Waals surface area contributed by atoms with Gasteiger partial charge in [-0.1, -0.05) is 11.8 Å². The zero-order chi connectivity index (χ0) is 7.98. The van der Waals surface area contributed by atoms with E-state index in [0.717, 1.165) is 18.3 Å². The molecule has 0 spiro atoms. The van der Waals surface area contributed by atoms with Crippen molar-refractivity contribution in [2.75, 3.05) is 26.4 Å². The van der Waals surface area contributed by atoms with Crippen molar-refractivity contribution in [1.29, 1.82) is 0 Å². The molecule has 0 aromatic rings. The zero-order valence-corrected chi connectivity index (χ0v) is 8.03. The van der Waals surface area contributed by atoms with Gasteiger partial charge in [0.1, 0.15) is 0 Å². The summed E-state index contributed by atoms with van der Waals surface area (Å²) in [7, 11) is 2.06. The summed E-state index contributed by atoms with van der Waals surface area (Å²) in [5.41, 5.74) is 0. The van der Waals surface area contributed by atoms with E-state index in [1.807, 2.05) is 0 Å². The zero-order valence-electron chi connectivity index (χ0n) is 7.22. The van der Waals surface area contributed by atoms with Crippen LogP contribution in [0.5, 0.6) is 0 Å². The Labute approximate surface area is 67.7 Å². The summed E-state index contributed by atoms with van der Waals surface area (Å²) in [6.45, 7) is 6.08. The minimum absolute atomic E-state index is 0.876. The van der Waals surface area contributed by atoms with Crippen LogP contribution in [-0.2, 0) is 0 Å². The molecule has 0 aromatic carbocycles. The number of nitrogens with zero attached hydrogens (tertiary/aromatic N) is 2. The lowest BCUT2D eigenvalue weighted by atomic mass is 10.7. The normalized spacial score (nSPS) is 11.8. The van der Waals surface area contributed by atoms with Crippen LogP contribution in [0.2, 0.25) is 0 Å². The molecule has 0 atom stereocenters. The fourth-order valence-corrected chi connectivity index (χ4v) is 1.31. The molecule has 0 rings (SSSR count). The molecule has 0 saturated heterocycles. The van der Waals surface area contributed by atoms with Gasteiger partial charge >= 0.3 is 0 Å². The fourth-order valence-electron chi connectivity index (χ4n) is 0.612. The van der Waals surface area contributed by atoms with Crippen molar-refractivity contribution in [3.8, 4) is 0 Å². The van der Waals surface area contributed by atoms with Crippen LogP contribution in [0.25, 0.3) is 0 Å². The van der Waals surface area contributed by atoms with Crippen LogP contribution >= 0.6 is 11.8 Å². The van der Waals surface area contributed by atoms with Crippen LogP contribution < -0.4 is 0 Å². The second kappa shape index (κ2) is 5.59. The largest absolute Gasteiger partial charge is 0.355 e. The van der Waals surface area contributed by atoms with Gasteiger partial charge in [-0.15, -0.1) is 0 Å². The standard InChI is InChI=1S/C7H16N2S/c1-5-8-7(10-4)9(3)6-2/h5-6H2,1-4H3. The third-order valence-electron chi connectivity index (χ3n) is 1.28. The molecule has 0 aliphatic carbocycles. The van der Waals surface area contributed by atoms with E-state index in [4.69, 9.17) is 0 Å². The van der Waals surface area contributed by atoms with Crippen molar-refractivity contribution in [2.45, 2.75) is 13.8 Å². The Morgan fingerprint density at radius 1 is 1.50 bits per heavy atom. The van der Waals surface area contributed by atoms with E-state index in [-0.39, 0.29) is 0 Å². The maximum absolute atomic E-state index is 4.32. The summed E-state index contributed by atoms with van der Waals surface area (Å²) in [6, 6.07) is 0. The average Bonchev–Trinajstić information content (AvgIpc) is 1.99. The molecule has 0 aliphatic heterocycles. The number of thioether (sulfide) groups is 1. The van der Waals surface area contributed by atoms with Crippen LogP contribution in [0.4, 0.5) is 0 Å². The predicted molar refractivity (Wildman–Crippen MR) is 49.8 cm³/mol. The predicted octanol–water partition coefficient (Wildman–Crippen LogP) is 1.68. The summed E-state index contributed by atoms with van der Waals surface area (Å²) in [6.07, 6.45) is 2.06. The lowest BCUT2D eigenvalue weighted by Crippen LogP contribution is -2.23. The highest BCUT2D eigenvalue weighted by Crippen LogP contribution is 2.01. The maximum Gasteiger partial charge on any atom is 0.158 e. The molecule has 0 fully saturated rings. The smallest absolute Gasteiger partial charge is 0.158 e. The van der Waals surface area contributed by atoms with Gasteiger partial charge in [0.25, 0.3) is 0 Å². The number of amidine groups is 1. The Balaban J connectivity index is 3.92. The van der Waals surface area contributed by atoms with E-state index in [1.54, 1.807) is 11.8 Å². The lowest BCUT2D eigenvalue weighted by Gasteiger charge is -2.16. The summed E-state index contributed by atoms with van der Waals surface area (Å²) >= 11 is 1.70. The molecule has 0 aliphatic rings. The van der Waals surface area contributed by atoms with E-state index in [2.05, 4.69) is 37.0 Å². The van der Waals surface area contributed by atoms with Crippen LogP contribution in [0, 0.1) is 0 Å². The van der Waals surface area contributed by atoms with Crippen molar-refractivity contribution < 1.29 is 0 Å². The van der Waals surface area contributed by atoms with Gasteiger partial charge in [-0.3, -0.25) is 4.99 Å². The van der Waals surface area contributed by atoms with Crippen LogP contribution in [0.15, 0.2) is 4.99 Å². The Kier molecular flexibility index (Phi) is 5.49. The first-order chi connectivity index (χ1) is 4.76. The highest BCUT2D eigenvalue weighted by Gasteiger charge is 1.99. The molecular formula is C7H16N2S. The third-order valence-corrected chi connectivity index (χ3v) is 2.08. The first-order valence-electron chi connectivity index (χ1n) is 3.55. The number of rotatable bonds is 2. The molecule has 0 radical (unpaired) electrons. The molecule has 3 heteroatoms. The van der Waals surface area contributed by atoms with Crippen molar-refractivity contribution in [1.82, 2.24) is 4.90 Å². The van der Waals surface area contributed by atoms with Crippen LogP contribution in [0.3, 0.4) is 0 Å². The summed E-state index contributed by atoms with van der Waals surface area (Å²) in [5.74, 6) is 0. The molecule has 0 saturated carbocycles. The molecule has 0 heterocycles. The summed E-state index contributed by atoms with van der Waals surface area (Å²) < 4.78 is 0. The first kappa shape index (κ1) is 9.82. The van der Waals surface area contributed by atoms with Crippen molar-refractivity contribution in [3.05, 3.63) is 0 Å². The Morgan fingerprint density at radius 3 is 2.40 bits per heavy atom. The average molecular weight is 160 g/mol. The van der Waals surface area contributed by atoms with Gasteiger partial charge in [0.2, 0.25) is 0 Å². The fraction of sp³-hybridized carbons (Fsp3) is 0.857. The molecule has 0 amide bonds. The molecule has 0 N–H and O–H groups in total. The molecule has 0 bridgehead atoms. The second-order valence-electron chi connectivity index (χ2n) is 1.98. The van der Waals surface area contributed by atoms with Gasteiger partial charge < -0.3 is 4.90 Å². The summed E-state index contributed by atoms with van der Waals surface area (Å²) in [4.78, 5) is 6.47. The molecule has 0 unspecified atom stereocenters. The number of aliphatic imine (C=N–C) groups is 1. The summed E-state index contributed by atoms with van der Waals surface area (Å²) in [5, 5.41) is 1.13. The molecule has 10 heavy (non-hydrogen) atoms. The Hall–Kier alpha value is -0.180. The van der Waals surface area contributed by atoms with Gasteiger partial charge in [0.15, 0.2) is 5.17 Å². The minimum Gasteiger partial charge on any atom is -0.355 e. The highest BCUT2D eigenvalue weighted by atomic mass is 32.2. The Bertz CT molecular complexity index is 112. The first-order valence-corrected chi connectivity index (χ1v) is 4.78. The van der Waals surface area contributed by atoms with Crippen molar-refractivity contribution in [2.24, 2.45) is 4.99 Å². The third kappa shape index (κ3) is 3.11. The lowest BCUT2D eigenvalue weighted by molar-refractivity contribution is 0.544. The second-order valence-corrected chi connectivity index (χ2v) is 2.75. The highest BCUT2D eigenvalue weighted by molar-refractivity contribution is 8.13. The molecule has 0 aromatic heterocycles. The van der Waals surface area contributed by atoms with E-state index < -0.39 is 0 Å². The van der Waals surface area contributed by atoms with Gasteiger partial charge in [0, 0.05) is 20.1 Å². The Morgan fingerprint density at radius 2 is 2.10 bits per heavy atom.